The summed E-state index contributed by atoms with van der Waals surface area (Å²) in [6.07, 6.45) is 4.66. The summed E-state index contributed by atoms with van der Waals surface area (Å²) in [6, 6.07) is 17.0. The average molecular weight is 497 g/mol. The van der Waals surface area contributed by atoms with Crippen LogP contribution in [0.1, 0.15) is 40.2 Å². The Morgan fingerprint density at radius 2 is 1.89 bits per heavy atom. The molecule has 10 nitrogen and oxygen atoms in total. The molecule has 4 aromatic rings. The average Bonchev–Trinajstić information content (AvgIpc) is 3.51. The largest absolute Gasteiger partial charge is 0.378 e. The zero-order valence-corrected chi connectivity index (χ0v) is 20.6. The number of nitrogens with zero attached hydrogens (tertiary/aromatic N) is 6. The fourth-order valence-corrected chi connectivity index (χ4v) is 4.35. The molecule has 0 radical (unpaired) electrons. The normalized spacial score (nSPS) is 13.1. The van der Waals surface area contributed by atoms with Crippen molar-refractivity contribution >= 4 is 17.5 Å². The van der Waals surface area contributed by atoms with E-state index in [1.54, 1.807) is 18.3 Å². The minimum Gasteiger partial charge on any atom is -0.378 e. The van der Waals surface area contributed by atoms with Gasteiger partial charge in [-0.15, -0.1) is 10.2 Å². The van der Waals surface area contributed by atoms with E-state index < -0.39 is 0 Å². The summed E-state index contributed by atoms with van der Waals surface area (Å²) in [5.41, 5.74) is 4.11. The number of hydrogen-bond donors (Lipinski definition) is 2. The number of aromatic nitrogens is 5. The molecular formula is C27H28N8O2. The highest BCUT2D eigenvalue weighted by molar-refractivity contribution is 5.95. The smallest absolute Gasteiger partial charge is 0.251 e. The molecular weight excluding hydrogens is 468 g/mol. The van der Waals surface area contributed by atoms with Crippen molar-refractivity contribution in [3.05, 3.63) is 89.6 Å². The summed E-state index contributed by atoms with van der Waals surface area (Å²) < 4.78 is 1.87. The topological polar surface area (TPSA) is 118 Å². The highest BCUT2D eigenvalue weighted by Crippen LogP contribution is 2.18. The zero-order valence-electron chi connectivity index (χ0n) is 20.6. The quantitative estimate of drug-likeness (QED) is 0.366. The fraction of sp³-hybridized carbons (Fsp3) is 0.259. The van der Waals surface area contributed by atoms with Crippen molar-refractivity contribution in [2.45, 2.75) is 32.5 Å². The van der Waals surface area contributed by atoms with Crippen molar-refractivity contribution < 1.29 is 9.59 Å². The van der Waals surface area contributed by atoms with E-state index in [2.05, 4.69) is 30.8 Å². The summed E-state index contributed by atoms with van der Waals surface area (Å²) >= 11 is 0. The maximum absolute atomic E-state index is 12.9. The van der Waals surface area contributed by atoms with Gasteiger partial charge in [-0.25, -0.2) is 9.97 Å². The lowest BCUT2D eigenvalue weighted by molar-refractivity contribution is -0.128. The number of benzene rings is 2. The Morgan fingerprint density at radius 1 is 1.03 bits per heavy atom. The third kappa shape index (κ3) is 5.64. The lowest BCUT2D eigenvalue weighted by atomic mass is 10.1. The van der Waals surface area contributed by atoms with Gasteiger partial charge in [-0.3, -0.25) is 9.59 Å². The molecule has 1 fully saturated rings. The van der Waals surface area contributed by atoms with E-state index in [0.717, 1.165) is 35.6 Å². The van der Waals surface area contributed by atoms with Gasteiger partial charge in [0.1, 0.15) is 12.0 Å². The van der Waals surface area contributed by atoms with Gasteiger partial charge in [0, 0.05) is 50.6 Å². The minimum absolute atomic E-state index is 0.166. The lowest BCUT2D eigenvalue weighted by Gasteiger charge is -2.18. The number of nitrogens with one attached hydrogen (secondary N) is 2. The molecule has 1 aliphatic heterocycles. The van der Waals surface area contributed by atoms with E-state index in [0.29, 0.717) is 43.1 Å². The molecule has 37 heavy (non-hydrogen) atoms. The van der Waals surface area contributed by atoms with Gasteiger partial charge in [-0.05, 0) is 41.8 Å². The van der Waals surface area contributed by atoms with E-state index in [1.165, 1.54) is 6.33 Å². The van der Waals surface area contributed by atoms with Crippen LogP contribution in [0.5, 0.6) is 0 Å². The third-order valence-electron chi connectivity index (χ3n) is 6.44. The molecule has 2 N–H and O–H groups in total. The van der Waals surface area contributed by atoms with Crippen molar-refractivity contribution in [3.8, 4) is 11.5 Å². The molecule has 2 aromatic carbocycles. The second-order valence-electron chi connectivity index (χ2n) is 8.90. The predicted molar refractivity (Wildman–Crippen MR) is 138 cm³/mol. The maximum atomic E-state index is 12.9. The number of carbonyl (C=O) groups excluding carboxylic acids is 2. The molecule has 10 heteroatoms. The molecule has 1 aliphatic rings. The van der Waals surface area contributed by atoms with Crippen LogP contribution in [-0.4, -0.2) is 48.0 Å². The molecule has 0 aliphatic carbocycles. The molecule has 0 unspecified atom stereocenters. The molecule has 5 rings (SSSR count). The number of amides is 2. The van der Waals surface area contributed by atoms with Crippen LogP contribution in [0.2, 0.25) is 0 Å². The predicted octanol–water partition coefficient (Wildman–Crippen LogP) is 2.94. The molecule has 0 bridgehead atoms. The van der Waals surface area contributed by atoms with Crippen LogP contribution in [0.25, 0.3) is 11.5 Å². The van der Waals surface area contributed by atoms with Crippen molar-refractivity contribution in [1.82, 2.24) is 34.9 Å². The maximum Gasteiger partial charge on any atom is 0.251 e. The zero-order chi connectivity index (χ0) is 25.6. The van der Waals surface area contributed by atoms with Crippen LogP contribution in [0.3, 0.4) is 0 Å². The molecule has 0 atom stereocenters. The fourth-order valence-electron chi connectivity index (χ4n) is 4.35. The van der Waals surface area contributed by atoms with Gasteiger partial charge in [0.15, 0.2) is 11.6 Å². The minimum atomic E-state index is -0.166. The summed E-state index contributed by atoms with van der Waals surface area (Å²) in [7, 11) is 1.88. The van der Waals surface area contributed by atoms with Crippen LogP contribution in [0.4, 0.5) is 5.69 Å². The van der Waals surface area contributed by atoms with Crippen LogP contribution < -0.4 is 10.6 Å². The first kappa shape index (κ1) is 24.1. The van der Waals surface area contributed by atoms with Crippen molar-refractivity contribution in [2.24, 2.45) is 7.05 Å². The molecule has 188 valence electrons. The van der Waals surface area contributed by atoms with Crippen molar-refractivity contribution in [3.63, 3.8) is 0 Å². The SMILES string of the molecule is Cn1c(CNc2cccc(C(=O)NCc3ccccc3CN3CCCC3=O)c2)nnc1-c1ccncn1. The first-order chi connectivity index (χ1) is 18.1. The monoisotopic (exact) mass is 496 g/mol. The van der Waals surface area contributed by atoms with Gasteiger partial charge in [0.05, 0.1) is 6.54 Å². The molecule has 2 amide bonds. The highest BCUT2D eigenvalue weighted by atomic mass is 16.2. The van der Waals surface area contributed by atoms with Crippen molar-refractivity contribution in [2.75, 3.05) is 11.9 Å². The first-order valence-corrected chi connectivity index (χ1v) is 12.2. The molecule has 1 saturated heterocycles. The number of anilines is 1. The second-order valence-corrected chi connectivity index (χ2v) is 8.90. The van der Waals surface area contributed by atoms with Crippen LogP contribution in [0.15, 0.2) is 67.1 Å². The van der Waals surface area contributed by atoms with Crippen LogP contribution in [-0.2, 0) is 31.5 Å². The van der Waals surface area contributed by atoms with E-state index in [-0.39, 0.29) is 11.8 Å². The first-order valence-electron chi connectivity index (χ1n) is 12.2. The Hall–Kier alpha value is -4.60. The van der Waals surface area contributed by atoms with E-state index in [1.807, 2.05) is 59.0 Å². The van der Waals surface area contributed by atoms with Gasteiger partial charge in [0.25, 0.3) is 5.91 Å². The Bertz CT molecular complexity index is 1400. The molecule has 2 aromatic heterocycles. The number of likely N-dealkylation sites (tertiary alicyclic amines) is 1. The standard InChI is InChI=1S/C27H28N8O2/c1-34-24(32-33-26(34)23-11-12-28-18-31-23)16-29-22-9-4-8-19(14-22)27(37)30-15-20-6-2-3-7-21(20)17-35-13-5-10-25(35)36/h2-4,6-9,11-12,14,18,29H,5,10,13,15-17H2,1H3,(H,30,37). The molecule has 0 spiro atoms. The highest BCUT2D eigenvalue weighted by Gasteiger charge is 2.21. The van der Waals surface area contributed by atoms with Gasteiger partial charge in [0.2, 0.25) is 5.91 Å². The Kier molecular flexibility index (Phi) is 7.16. The lowest BCUT2D eigenvalue weighted by Crippen LogP contribution is -2.26. The molecule has 3 heterocycles. The van der Waals surface area contributed by atoms with Crippen molar-refractivity contribution in [1.29, 1.82) is 0 Å². The Labute approximate surface area is 214 Å². The number of rotatable bonds is 9. The molecule has 0 saturated carbocycles. The summed E-state index contributed by atoms with van der Waals surface area (Å²) in [6.45, 7) is 2.18. The van der Waals surface area contributed by atoms with Gasteiger partial charge in [-0.1, -0.05) is 30.3 Å². The number of hydrogen-bond acceptors (Lipinski definition) is 7. The van der Waals surface area contributed by atoms with Crippen LogP contribution in [0, 0.1) is 0 Å². The summed E-state index contributed by atoms with van der Waals surface area (Å²) in [4.78, 5) is 35.0. The van der Waals surface area contributed by atoms with Crippen LogP contribution >= 0.6 is 0 Å². The Balaban J connectivity index is 1.20. The van der Waals surface area contributed by atoms with E-state index in [4.69, 9.17) is 0 Å². The van der Waals surface area contributed by atoms with Gasteiger partial charge >= 0.3 is 0 Å². The summed E-state index contributed by atoms with van der Waals surface area (Å²) in [5.74, 6) is 1.41. The third-order valence-corrected chi connectivity index (χ3v) is 6.44. The number of carbonyl (C=O) groups is 2. The van der Waals surface area contributed by atoms with Gasteiger partial charge in [-0.2, -0.15) is 0 Å². The van der Waals surface area contributed by atoms with E-state index >= 15 is 0 Å². The second kappa shape index (κ2) is 11.0. The Morgan fingerprint density at radius 3 is 2.68 bits per heavy atom. The van der Waals surface area contributed by atoms with Gasteiger partial charge < -0.3 is 20.1 Å². The van der Waals surface area contributed by atoms with E-state index in [9.17, 15) is 9.59 Å². The summed E-state index contributed by atoms with van der Waals surface area (Å²) in [5, 5.41) is 14.8.